The monoisotopic (exact) mass is 412 g/mol. The highest BCUT2D eigenvalue weighted by atomic mass is 35.5. The van der Waals surface area contributed by atoms with E-state index in [-0.39, 0.29) is 0 Å². The molecule has 0 aromatic heterocycles. The summed E-state index contributed by atoms with van der Waals surface area (Å²) in [6.07, 6.45) is 3.39. The molecule has 0 aliphatic carbocycles. The van der Waals surface area contributed by atoms with Gasteiger partial charge in [-0.3, -0.25) is 0 Å². The van der Waals surface area contributed by atoms with Crippen molar-refractivity contribution in [3.63, 3.8) is 0 Å². The summed E-state index contributed by atoms with van der Waals surface area (Å²) in [5.41, 5.74) is 4.91. The molecule has 0 unspecified atom stereocenters. The molecule has 0 fully saturated rings. The topological polar surface area (TPSA) is 18.5 Å². The number of hydrogen-bond donors (Lipinski definition) is 0. The van der Waals surface area contributed by atoms with Crippen molar-refractivity contribution in [1.29, 1.82) is 0 Å². The van der Waals surface area contributed by atoms with Crippen LogP contribution in [0.4, 0.5) is 0 Å². The van der Waals surface area contributed by atoms with E-state index in [1.807, 2.05) is 30.3 Å². The summed E-state index contributed by atoms with van der Waals surface area (Å²) in [7, 11) is 3.16. The van der Waals surface area contributed by atoms with E-state index in [0.29, 0.717) is 32.7 Å². The van der Waals surface area contributed by atoms with E-state index in [0.717, 1.165) is 22.3 Å². The number of methoxy groups -OCH3 is 2. The number of allylic oxidation sites excluding steroid dienone is 3. The van der Waals surface area contributed by atoms with Crippen LogP contribution in [-0.4, -0.2) is 14.2 Å². The molecule has 28 heavy (non-hydrogen) atoms. The maximum absolute atomic E-state index is 6.11. The van der Waals surface area contributed by atoms with Gasteiger partial charge in [-0.25, -0.2) is 0 Å². The van der Waals surface area contributed by atoms with Gasteiger partial charge in [0.25, 0.3) is 0 Å². The number of ether oxygens (including phenoxy) is 2. The Morgan fingerprint density at radius 1 is 1.04 bits per heavy atom. The highest BCUT2D eigenvalue weighted by Gasteiger charge is 2.17. The molecule has 0 N–H and O–H groups in total. The fourth-order valence-corrected chi connectivity index (χ4v) is 3.15. The number of halogens is 2. The molecule has 144 valence electrons. The highest BCUT2D eigenvalue weighted by Crippen LogP contribution is 2.39. The van der Waals surface area contributed by atoms with E-state index in [1.165, 1.54) is 0 Å². The molecule has 0 aliphatic rings. The van der Waals surface area contributed by atoms with Gasteiger partial charge in [0.15, 0.2) is 0 Å². The minimum atomic E-state index is 0.342. The van der Waals surface area contributed by atoms with Gasteiger partial charge in [0, 0.05) is 21.2 Å². The molecule has 0 spiro atoms. The van der Waals surface area contributed by atoms with Crippen molar-refractivity contribution in [2.75, 3.05) is 14.2 Å². The second kappa shape index (κ2) is 9.50. The Morgan fingerprint density at radius 2 is 1.75 bits per heavy atom. The molecule has 0 radical (unpaired) electrons. The number of hydrogen-bond acceptors (Lipinski definition) is 2. The van der Waals surface area contributed by atoms with Crippen LogP contribution in [0.1, 0.15) is 11.1 Å². The van der Waals surface area contributed by atoms with Gasteiger partial charge < -0.3 is 9.47 Å². The van der Waals surface area contributed by atoms with Gasteiger partial charge in [0.05, 0.1) is 14.2 Å². The molecule has 0 saturated heterocycles. The third kappa shape index (κ3) is 4.59. The standard InChI is InChI=1S/C24H22Cl2O2/c1-7-19-20(16(3)17(4)23(27-5)13-15(2)25)9-8-10-21(19)22-12-11-18(26)14-24(22)28-6/h7-14H,1-4H2,5-6H3. The van der Waals surface area contributed by atoms with E-state index in [4.69, 9.17) is 32.7 Å². The Bertz CT molecular complexity index is 984. The van der Waals surface area contributed by atoms with Crippen LogP contribution in [-0.2, 0) is 4.74 Å². The van der Waals surface area contributed by atoms with Gasteiger partial charge in [0.2, 0.25) is 0 Å². The lowest BCUT2D eigenvalue weighted by Gasteiger charge is -2.18. The van der Waals surface area contributed by atoms with Gasteiger partial charge in [-0.15, -0.1) is 0 Å². The SMILES string of the molecule is C=Cc1c(C(=C)C(=C)C(=CC(=C)Cl)OC)cccc1-c1ccc(Cl)cc1OC. The lowest BCUT2D eigenvalue weighted by Crippen LogP contribution is -1.99. The molecule has 2 aromatic rings. The van der Waals surface area contributed by atoms with E-state index in [1.54, 1.807) is 32.4 Å². The Kier molecular flexibility index (Phi) is 7.33. The normalized spacial score (nSPS) is 10.9. The van der Waals surface area contributed by atoms with Crippen LogP contribution in [0.25, 0.3) is 22.8 Å². The zero-order valence-electron chi connectivity index (χ0n) is 16.0. The number of benzene rings is 2. The maximum Gasteiger partial charge on any atom is 0.128 e. The third-order valence-electron chi connectivity index (χ3n) is 4.26. The second-order valence-electron chi connectivity index (χ2n) is 5.93. The van der Waals surface area contributed by atoms with Crippen LogP contribution < -0.4 is 4.74 Å². The molecule has 0 heterocycles. The first-order valence-electron chi connectivity index (χ1n) is 8.42. The molecule has 0 bridgehead atoms. The van der Waals surface area contributed by atoms with Crippen molar-refractivity contribution in [2.45, 2.75) is 0 Å². The first-order valence-corrected chi connectivity index (χ1v) is 9.18. The lowest BCUT2D eigenvalue weighted by molar-refractivity contribution is 0.303. The highest BCUT2D eigenvalue weighted by molar-refractivity contribution is 6.31. The molecule has 0 aliphatic heterocycles. The molecular formula is C24H22Cl2O2. The quantitative estimate of drug-likeness (QED) is 0.329. The summed E-state index contributed by atoms with van der Waals surface area (Å²) in [6.45, 7) is 16.0. The average Bonchev–Trinajstić information content (AvgIpc) is 2.69. The van der Waals surface area contributed by atoms with Gasteiger partial charge >= 0.3 is 0 Å². The fourth-order valence-electron chi connectivity index (χ4n) is 2.89. The number of rotatable bonds is 8. The summed E-state index contributed by atoms with van der Waals surface area (Å²) >= 11 is 12.0. The minimum absolute atomic E-state index is 0.342. The first-order chi connectivity index (χ1) is 13.3. The third-order valence-corrected chi connectivity index (χ3v) is 4.60. The Labute approximate surface area is 176 Å². The van der Waals surface area contributed by atoms with Crippen molar-refractivity contribution in [1.82, 2.24) is 0 Å². The molecule has 0 amide bonds. The molecule has 0 atom stereocenters. The van der Waals surface area contributed by atoms with Gasteiger partial charge in [-0.1, -0.05) is 73.8 Å². The van der Waals surface area contributed by atoms with E-state index in [2.05, 4.69) is 26.3 Å². The lowest BCUT2D eigenvalue weighted by atomic mass is 9.89. The van der Waals surface area contributed by atoms with Crippen LogP contribution >= 0.6 is 23.2 Å². The van der Waals surface area contributed by atoms with Crippen molar-refractivity contribution in [2.24, 2.45) is 0 Å². The van der Waals surface area contributed by atoms with Crippen LogP contribution in [0, 0.1) is 0 Å². The van der Waals surface area contributed by atoms with Crippen LogP contribution in [0.2, 0.25) is 5.02 Å². The van der Waals surface area contributed by atoms with Crippen LogP contribution in [0.3, 0.4) is 0 Å². The smallest absolute Gasteiger partial charge is 0.128 e. The first kappa shape index (κ1) is 21.6. The Balaban J connectivity index is 2.62. The van der Waals surface area contributed by atoms with Crippen molar-refractivity contribution < 1.29 is 9.47 Å². The van der Waals surface area contributed by atoms with E-state index >= 15 is 0 Å². The fraction of sp³-hybridized carbons (Fsp3) is 0.0833. The van der Waals surface area contributed by atoms with Crippen LogP contribution in [0.15, 0.2) is 85.2 Å². The van der Waals surface area contributed by atoms with Gasteiger partial charge in [-0.2, -0.15) is 0 Å². The van der Waals surface area contributed by atoms with Crippen molar-refractivity contribution in [3.05, 3.63) is 101 Å². The van der Waals surface area contributed by atoms with E-state index in [9.17, 15) is 0 Å². The average molecular weight is 413 g/mol. The molecular weight excluding hydrogens is 391 g/mol. The van der Waals surface area contributed by atoms with Gasteiger partial charge in [0.1, 0.15) is 11.5 Å². The molecule has 4 heteroatoms. The summed E-state index contributed by atoms with van der Waals surface area (Å²) in [6, 6.07) is 11.4. The second-order valence-corrected chi connectivity index (χ2v) is 6.85. The molecule has 0 saturated carbocycles. The zero-order valence-corrected chi connectivity index (χ0v) is 17.5. The summed E-state index contributed by atoms with van der Waals surface area (Å²) in [5, 5.41) is 0.945. The van der Waals surface area contributed by atoms with Crippen molar-refractivity contribution in [3.8, 4) is 16.9 Å². The zero-order chi connectivity index (χ0) is 20.8. The van der Waals surface area contributed by atoms with Crippen LogP contribution in [0.5, 0.6) is 5.75 Å². The van der Waals surface area contributed by atoms with Crippen molar-refractivity contribution >= 4 is 34.9 Å². The largest absolute Gasteiger partial charge is 0.496 e. The molecule has 2 nitrogen and oxygen atoms in total. The molecule has 2 rings (SSSR count). The van der Waals surface area contributed by atoms with Gasteiger partial charge in [-0.05, 0) is 46.5 Å². The Hall–Kier alpha value is -2.68. The Morgan fingerprint density at radius 3 is 2.32 bits per heavy atom. The summed E-state index contributed by atoms with van der Waals surface area (Å²) < 4.78 is 10.9. The minimum Gasteiger partial charge on any atom is -0.496 e. The predicted molar refractivity (Wildman–Crippen MR) is 122 cm³/mol. The maximum atomic E-state index is 6.11. The summed E-state index contributed by atoms with van der Waals surface area (Å²) in [4.78, 5) is 0. The van der Waals surface area contributed by atoms with E-state index < -0.39 is 0 Å². The summed E-state index contributed by atoms with van der Waals surface area (Å²) in [5.74, 6) is 1.17. The molecule has 2 aromatic carbocycles. The predicted octanol–water partition coefficient (Wildman–Crippen LogP) is 7.51.